The Balaban J connectivity index is 1.89. The maximum Gasteiger partial charge on any atom is 0.255 e. The molecule has 0 atom stereocenters. The number of aromatic nitrogens is 4. The highest BCUT2D eigenvalue weighted by atomic mass is 35.5. The molecule has 0 bridgehead atoms. The average Bonchev–Trinajstić information content (AvgIpc) is 2.81. The van der Waals surface area contributed by atoms with Crippen molar-refractivity contribution in [2.24, 2.45) is 0 Å². The Kier molecular flexibility index (Phi) is 5.03. The van der Waals surface area contributed by atoms with Gasteiger partial charge in [0, 0.05) is 25.0 Å². The van der Waals surface area contributed by atoms with E-state index >= 15 is 0 Å². The topological polar surface area (TPSA) is 75.3 Å². The maximum atomic E-state index is 8.66. The van der Waals surface area contributed by atoms with Crippen LogP contribution < -0.4 is 5.32 Å². The first kappa shape index (κ1) is 13.4. The van der Waals surface area contributed by atoms with Crippen molar-refractivity contribution >= 4 is 35.0 Å². The minimum absolute atomic E-state index is 0.250. The van der Waals surface area contributed by atoms with Gasteiger partial charge in [-0.2, -0.15) is 31.3 Å². The van der Waals surface area contributed by atoms with E-state index in [0.717, 1.165) is 30.3 Å². The van der Waals surface area contributed by atoms with E-state index in [9.17, 15) is 0 Å². The molecule has 0 unspecified atom stereocenters. The molecule has 2 N–H and O–H groups in total. The van der Waals surface area contributed by atoms with Crippen molar-refractivity contribution in [3.05, 3.63) is 17.5 Å². The zero-order chi connectivity index (χ0) is 12.8. The molecular formula is C10H14ClN5OS. The third-order valence-electron chi connectivity index (χ3n) is 2.22. The van der Waals surface area contributed by atoms with Gasteiger partial charge in [0.05, 0.1) is 0 Å². The zero-order valence-electron chi connectivity index (χ0n) is 9.71. The van der Waals surface area contributed by atoms with Gasteiger partial charge in [-0.25, -0.2) is 0 Å². The van der Waals surface area contributed by atoms with Crippen molar-refractivity contribution in [2.75, 3.05) is 30.0 Å². The highest BCUT2D eigenvalue weighted by Crippen LogP contribution is 2.14. The summed E-state index contributed by atoms with van der Waals surface area (Å²) in [6.07, 6.45) is 2.28. The Labute approximate surface area is 114 Å². The maximum absolute atomic E-state index is 8.66. The lowest BCUT2D eigenvalue weighted by atomic mass is 10.5. The molecule has 2 rings (SSSR count). The standard InChI is InChI=1S/C10H14ClN5OS/c11-8-6-9(12-2-5-18-4-1-3-17)16-10(15-8)13-7-14-16/h6-7,12,17H,1-5H2. The van der Waals surface area contributed by atoms with Crippen molar-refractivity contribution in [2.45, 2.75) is 6.42 Å². The normalized spacial score (nSPS) is 11.0. The molecule has 0 aromatic carbocycles. The van der Waals surface area contributed by atoms with Crippen LogP contribution >= 0.6 is 23.4 Å². The minimum atomic E-state index is 0.250. The lowest BCUT2D eigenvalue weighted by molar-refractivity contribution is 0.296. The Morgan fingerprint density at radius 2 is 2.33 bits per heavy atom. The predicted molar refractivity (Wildman–Crippen MR) is 73.3 cm³/mol. The monoisotopic (exact) mass is 287 g/mol. The summed E-state index contributed by atoms with van der Waals surface area (Å²) in [5.74, 6) is 3.19. The van der Waals surface area contributed by atoms with Crippen LogP contribution in [-0.4, -0.2) is 49.3 Å². The second-order valence-corrected chi connectivity index (χ2v) is 5.16. The fourth-order valence-corrected chi connectivity index (χ4v) is 2.39. The van der Waals surface area contributed by atoms with Gasteiger partial charge in [0.15, 0.2) is 0 Å². The summed E-state index contributed by atoms with van der Waals surface area (Å²) in [6, 6.07) is 1.72. The van der Waals surface area contributed by atoms with E-state index < -0.39 is 0 Å². The van der Waals surface area contributed by atoms with E-state index in [1.165, 1.54) is 6.33 Å². The van der Waals surface area contributed by atoms with E-state index in [0.29, 0.717) is 10.9 Å². The summed E-state index contributed by atoms with van der Waals surface area (Å²) >= 11 is 7.69. The molecule has 98 valence electrons. The van der Waals surface area contributed by atoms with E-state index in [2.05, 4.69) is 20.4 Å². The van der Waals surface area contributed by atoms with Crippen LogP contribution in [0.3, 0.4) is 0 Å². The number of hydrogen-bond acceptors (Lipinski definition) is 6. The molecule has 0 aliphatic rings. The van der Waals surface area contributed by atoms with E-state index in [1.807, 2.05) is 0 Å². The Hall–Kier alpha value is -1.05. The number of rotatable bonds is 7. The summed E-state index contributed by atoms with van der Waals surface area (Å²) < 4.78 is 1.62. The van der Waals surface area contributed by atoms with E-state index in [4.69, 9.17) is 16.7 Å². The molecule has 0 fully saturated rings. The third-order valence-corrected chi connectivity index (χ3v) is 3.48. The Morgan fingerprint density at radius 1 is 1.44 bits per heavy atom. The number of halogens is 1. The van der Waals surface area contributed by atoms with Crippen molar-refractivity contribution in [1.29, 1.82) is 0 Å². The lowest BCUT2D eigenvalue weighted by Gasteiger charge is -2.07. The lowest BCUT2D eigenvalue weighted by Crippen LogP contribution is -2.09. The molecule has 0 amide bonds. The van der Waals surface area contributed by atoms with Crippen LogP contribution in [0.2, 0.25) is 5.15 Å². The van der Waals surface area contributed by atoms with Crippen molar-refractivity contribution < 1.29 is 5.11 Å². The van der Waals surface area contributed by atoms with Gasteiger partial charge < -0.3 is 10.4 Å². The number of nitrogens with zero attached hydrogens (tertiary/aromatic N) is 4. The number of thioether (sulfide) groups is 1. The molecule has 0 spiro atoms. The van der Waals surface area contributed by atoms with E-state index in [1.54, 1.807) is 22.3 Å². The molecule has 2 aromatic rings. The number of hydrogen-bond donors (Lipinski definition) is 2. The molecule has 2 heterocycles. The number of fused-ring (bicyclic) bond motifs is 1. The fraction of sp³-hybridized carbons (Fsp3) is 0.500. The number of nitrogens with one attached hydrogen (secondary N) is 1. The third kappa shape index (κ3) is 3.47. The van der Waals surface area contributed by atoms with Crippen LogP contribution in [0.15, 0.2) is 12.4 Å². The van der Waals surface area contributed by atoms with Crippen molar-refractivity contribution in [3.63, 3.8) is 0 Å². The molecule has 6 nitrogen and oxygen atoms in total. The van der Waals surface area contributed by atoms with Crippen LogP contribution in [0.4, 0.5) is 5.82 Å². The average molecular weight is 288 g/mol. The second kappa shape index (κ2) is 6.77. The molecule has 0 aliphatic heterocycles. The quantitative estimate of drug-likeness (QED) is 0.591. The molecular weight excluding hydrogens is 274 g/mol. The predicted octanol–water partition coefficient (Wildman–Crippen LogP) is 1.31. The van der Waals surface area contributed by atoms with Crippen LogP contribution in [-0.2, 0) is 0 Å². The highest BCUT2D eigenvalue weighted by Gasteiger charge is 2.05. The summed E-state index contributed by atoms with van der Waals surface area (Å²) in [5, 5.41) is 16.4. The SMILES string of the molecule is OCCCSCCNc1cc(Cl)nc2ncnn12. The molecule has 0 saturated carbocycles. The van der Waals surface area contributed by atoms with Crippen LogP contribution in [0.1, 0.15) is 6.42 Å². The van der Waals surface area contributed by atoms with Crippen molar-refractivity contribution in [1.82, 2.24) is 19.6 Å². The molecule has 0 aliphatic carbocycles. The van der Waals surface area contributed by atoms with Crippen LogP contribution in [0.25, 0.3) is 5.78 Å². The first-order valence-electron chi connectivity index (χ1n) is 5.60. The second-order valence-electron chi connectivity index (χ2n) is 3.55. The highest BCUT2D eigenvalue weighted by molar-refractivity contribution is 7.99. The first-order valence-corrected chi connectivity index (χ1v) is 7.13. The smallest absolute Gasteiger partial charge is 0.255 e. The summed E-state index contributed by atoms with van der Waals surface area (Å²) in [5.41, 5.74) is 0. The van der Waals surface area contributed by atoms with Gasteiger partial charge in [-0.3, -0.25) is 0 Å². The largest absolute Gasteiger partial charge is 0.396 e. The fourth-order valence-electron chi connectivity index (χ4n) is 1.43. The minimum Gasteiger partial charge on any atom is -0.396 e. The Bertz CT molecular complexity index is 506. The van der Waals surface area contributed by atoms with Gasteiger partial charge in [-0.05, 0) is 12.2 Å². The van der Waals surface area contributed by atoms with Crippen LogP contribution in [0.5, 0.6) is 0 Å². The molecule has 2 aromatic heterocycles. The zero-order valence-corrected chi connectivity index (χ0v) is 11.3. The van der Waals surface area contributed by atoms with E-state index in [-0.39, 0.29) is 6.61 Å². The van der Waals surface area contributed by atoms with Gasteiger partial charge in [0.2, 0.25) is 0 Å². The number of aliphatic hydroxyl groups excluding tert-OH is 1. The van der Waals surface area contributed by atoms with Gasteiger partial charge >= 0.3 is 0 Å². The molecule has 0 saturated heterocycles. The van der Waals surface area contributed by atoms with Crippen LogP contribution in [0, 0.1) is 0 Å². The molecule has 18 heavy (non-hydrogen) atoms. The number of anilines is 1. The van der Waals surface area contributed by atoms with Gasteiger partial charge in [-0.15, -0.1) is 0 Å². The first-order chi connectivity index (χ1) is 8.81. The van der Waals surface area contributed by atoms with Crippen molar-refractivity contribution in [3.8, 4) is 0 Å². The summed E-state index contributed by atoms with van der Waals surface area (Å²) in [4.78, 5) is 8.04. The number of aliphatic hydroxyl groups is 1. The molecule has 8 heteroatoms. The summed E-state index contributed by atoms with van der Waals surface area (Å²) in [6.45, 7) is 1.05. The summed E-state index contributed by atoms with van der Waals surface area (Å²) in [7, 11) is 0. The van der Waals surface area contributed by atoms with Gasteiger partial charge in [0.25, 0.3) is 5.78 Å². The Morgan fingerprint density at radius 3 is 3.17 bits per heavy atom. The van der Waals surface area contributed by atoms with Gasteiger partial charge in [-0.1, -0.05) is 11.6 Å². The van der Waals surface area contributed by atoms with Gasteiger partial charge in [0.1, 0.15) is 17.3 Å². The molecule has 0 radical (unpaired) electrons.